The minimum Gasteiger partial charge on any atom is -0.355 e. The minimum atomic E-state index is -3.22. The Morgan fingerprint density at radius 1 is 1.25 bits per heavy atom. The zero-order valence-electron chi connectivity index (χ0n) is 16.6. The number of benzene rings is 1. The molecule has 154 valence electrons. The SMILES string of the molecule is CCc1nncn1CCNC(=NCCNS(C)(=O)=O)NC(C)c1ccccc1. The maximum Gasteiger partial charge on any atom is 0.208 e. The highest BCUT2D eigenvalue weighted by molar-refractivity contribution is 7.88. The van der Waals surface area contributed by atoms with Crippen LogP contribution in [0.5, 0.6) is 0 Å². The lowest BCUT2D eigenvalue weighted by Crippen LogP contribution is -2.41. The molecule has 1 atom stereocenters. The number of nitrogens with zero attached hydrogens (tertiary/aromatic N) is 4. The van der Waals surface area contributed by atoms with Crippen LogP contribution >= 0.6 is 0 Å². The molecule has 1 aromatic heterocycles. The molecule has 0 saturated carbocycles. The summed E-state index contributed by atoms with van der Waals surface area (Å²) in [6.07, 6.45) is 3.67. The summed E-state index contributed by atoms with van der Waals surface area (Å²) in [4.78, 5) is 4.48. The molecule has 0 spiro atoms. The lowest BCUT2D eigenvalue weighted by atomic mass is 10.1. The van der Waals surface area contributed by atoms with Gasteiger partial charge in [-0.05, 0) is 12.5 Å². The van der Waals surface area contributed by atoms with Crippen LogP contribution in [0.3, 0.4) is 0 Å². The zero-order valence-corrected chi connectivity index (χ0v) is 17.4. The molecule has 3 N–H and O–H groups in total. The van der Waals surface area contributed by atoms with Gasteiger partial charge < -0.3 is 15.2 Å². The Labute approximate surface area is 166 Å². The first kappa shape index (κ1) is 21.8. The van der Waals surface area contributed by atoms with E-state index in [0.29, 0.717) is 25.6 Å². The van der Waals surface area contributed by atoms with Crippen molar-refractivity contribution in [3.63, 3.8) is 0 Å². The van der Waals surface area contributed by atoms with E-state index < -0.39 is 10.0 Å². The Bertz CT molecular complexity index is 850. The van der Waals surface area contributed by atoms with E-state index in [0.717, 1.165) is 24.1 Å². The highest BCUT2D eigenvalue weighted by Gasteiger charge is 2.08. The van der Waals surface area contributed by atoms with Crippen molar-refractivity contribution in [1.82, 2.24) is 30.1 Å². The summed E-state index contributed by atoms with van der Waals surface area (Å²) in [6.45, 7) is 6.01. The van der Waals surface area contributed by atoms with Crippen LogP contribution in [-0.4, -0.2) is 55.0 Å². The number of aromatic nitrogens is 3. The fourth-order valence-electron chi connectivity index (χ4n) is 2.62. The molecule has 2 aromatic rings. The van der Waals surface area contributed by atoms with Gasteiger partial charge in [0.15, 0.2) is 5.96 Å². The average Bonchev–Trinajstić information content (AvgIpc) is 3.12. The molecule has 0 aliphatic carbocycles. The predicted molar refractivity (Wildman–Crippen MR) is 111 cm³/mol. The molecule has 9 nitrogen and oxygen atoms in total. The predicted octanol–water partition coefficient (Wildman–Crippen LogP) is 0.686. The van der Waals surface area contributed by atoms with E-state index in [2.05, 4.69) is 37.5 Å². The molecule has 0 aliphatic rings. The van der Waals surface area contributed by atoms with Gasteiger partial charge in [0.05, 0.1) is 18.8 Å². The van der Waals surface area contributed by atoms with Crippen LogP contribution in [0.1, 0.15) is 31.3 Å². The first-order chi connectivity index (χ1) is 13.4. The second-order valence-corrected chi connectivity index (χ2v) is 8.23. The third-order valence-corrected chi connectivity index (χ3v) is 4.78. The number of sulfonamides is 1. The van der Waals surface area contributed by atoms with Crippen LogP contribution in [0.25, 0.3) is 0 Å². The van der Waals surface area contributed by atoms with Crippen LogP contribution in [0.4, 0.5) is 0 Å². The van der Waals surface area contributed by atoms with Crippen molar-refractivity contribution >= 4 is 16.0 Å². The Morgan fingerprint density at radius 2 is 2.00 bits per heavy atom. The van der Waals surface area contributed by atoms with Crippen LogP contribution < -0.4 is 15.4 Å². The van der Waals surface area contributed by atoms with Crippen LogP contribution in [0.2, 0.25) is 0 Å². The summed E-state index contributed by atoms with van der Waals surface area (Å²) < 4.78 is 26.8. The van der Waals surface area contributed by atoms with Gasteiger partial charge in [0, 0.05) is 26.1 Å². The number of aryl methyl sites for hydroxylation is 1. The Balaban J connectivity index is 1.96. The fourth-order valence-corrected chi connectivity index (χ4v) is 3.08. The molecule has 1 unspecified atom stereocenters. The summed E-state index contributed by atoms with van der Waals surface area (Å²) in [6, 6.07) is 10.1. The summed E-state index contributed by atoms with van der Waals surface area (Å²) in [7, 11) is -3.22. The third kappa shape index (κ3) is 7.65. The van der Waals surface area contributed by atoms with Gasteiger partial charge in [0.25, 0.3) is 0 Å². The Kier molecular flexibility index (Phi) is 8.40. The van der Waals surface area contributed by atoms with E-state index in [1.807, 2.05) is 41.8 Å². The topological polar surface area (TPSA) is 113 Å². The molecule has 2 rings (SSSR count). The largest absolute Gasteiger partial charge is 0.355 e. The number of nitrogens with one attached hydrogen (secondary N) is 3. The van der Waals surface area contributed by atoms with Crippen molar-refractivity contribution in [2.75, 3.05) is 25.9 Å². The maximum absolute atomic E-state index is 11.2. The molecular weight excluding hydrogens is 378 g/mol. The van der Waals surface area contributed by atoms with Gasteiger partial charge in [-0.15, -0.1) is 10.2 Å². The van der Waals surface area contributed by atoms with Crippen molar-refractivity contribution in [3.8, 4) is 0 Å². The molecule has 0 radical (unpaired) electrons. The standard InChI is InChI=1S/C18H29N7O2S/c1-4-17-24-21-14-25(17)13-12-20-18(19-10-11-22-28(3,26)27)23-15(2)16-8-6-5-7-9-16/h5-9,14-15,22H,4,10-13H2,1-3H3,(H2,19,20,23). The minimum absolute atomic E-state index is 0.0523. The van der Waals surface area contributed by atoms with Crippen LogP contribution in [0, 0.1) is 0 Å². The fraction of sp³-hybridized carbons (Fsp3) is 0.500. The quantitative estimate of drug-likeness (QED) is 0.303. The number of rotatable bonds is 10. The van der Waals surface area contributed by atoms with Crippen molar-refractivity contribution in [2.45, 2.75) is 32.9 Å². The first-order valence-corrected chi connectivity index (χ1v) is 11.2. The van der Waals surface area contributed by atoms with Crippen molar-refractivity contribution < 1.29 is 8.42 Å². The molecule has 0 bridgehead atoms. The molecule has 0 fully saturated rings. The van der Waals surface area contributed by atoms with Crippen LogP contribution in [0.15, 0.2) is 41.7 Å². The van der Waals surface area contributed by atoms with E-state index in [1.165, 1.54) is 0 Å². The Morgan fingerprint density at radius 3 is 2.68 bits per heavy atom. The summed E-state index contributed by atoms with van der Waals surface area (Å²) in [5, 5.41) is 14.7. The summed E-state index contributed by atoms with van der Waals surface area (Å²) in [5.41, 5.74) is 1.14. The second kappa shape index (κ2) is 10.8. The first-order valence-electron chi connectivity index (χ1n) is 9.30. The molecule has 1 aromatic carbocycles. The van der Waals surface area contributed by atoms with E-state index in [9.17, 15) is 8.42 Å². The number of hydrogen-bond acceptors (Lipinski definition) is 5. The Hall–Kier alpha value is -2.46. The number of hydrogen-bond donors (Lipinski definition) is 3. The lowest BCUT2D eigenvalue weighted by molar-refractivity contribution is 0.587. The molecule has 0 saturated heterocycles. The van der Waals surface area contributed by atoms with E-state index in [-0.39, 0.29) is 12.6 Å². The second-order valence-electron chi connectivity index (χ2n) is 6.39. The maximum atomic E-state index is 11.2. The molecule has 0 amide bonds. The normalized spacial score (nSPS) is 13.3. The number of aliphatic imine (C=N–C) groups is 1. The summed E-state index contributed by atoms with van der Waals surface area (Å²) in [5.74, 6) is 1.56. The van der Waals surface area contributed by atoms with Crippen LogP contribution in [-0.2, 0) is 23.0 Å². The van der Waals surface area contributed by atoms with Gasteiger partial charge in [-0.2, -0.15) is 0 Å². The number of guanidine groups is 1. The monoisotopic (exact) mass is 407 g/mol. The van der Waals surface area contributed by atoms with E-state index in [1.54, 1.807) is 6.33 Å². The molecule has 1 heterocycles. The third-order valence-electron chi connectivity index (χ3n) is 4.06. The zero-order chi connectivity index (χ0) is 20.4. The molecule has 0 aliphatic heterocycles. The summed E-state index contributed by atoms with van der Waals surface area (Å²) >= 11 is 0. The van der Waals surface area contributed by atoms with Gasteiger partial charge in [-0.1, -0.05) is 37.3 Å². The van der Waals surface area contributed by atoms with Crippen molar-refractivity contribution in [1.29, 1.82) is 0 Å². The highest BCUT2D eigenvalue weighted by Crippen LogP contribution is 2.10. The average molecular weight is 408 g/mol. The molecule has 28 heavy (non-hydrogen) atoms. The van der Waals surface area contributed by atoms with Gasteiger partial charge in [0.2, 0.25) is 10.0 Å². The van der Waals surface area contributed by atoms with Gasteiger partial charge in [-0.25, -0.2) is 13.1 Å². The van der Waals surface area contributed by atoms with E-state index in [4.69, 9.17) is 0 Å². The van der Waals surface area contributed by atoms with Crippen molar-refractivity contribution in [3.05, 3.63) is 48.0 Å². The highest BCUT2D eigenvalue weighted by atomic mass is 32.2. The van der Waals surface area contributed by atoms with Crippen molar-refractivity contribution in [2.24, 2.45) is 4.99 Å². The smallest absolute Gasteiger partial charge is 0.208 e. The van der Waals surface area contributed by atoms with Gasteiger partial charge >= 0.3 is 0 Å². The lowest BCUT2D eigenvalue weighted by Gasteiger charge is -2.19. The van der Waals surface area contributed by atoms with Gasteiger partial charge in [0.1, 0.15) is 12.2 Å². The van der Waals surface area contributed by atoms with E-state index >= 15 is 0 Å². The molecular formula is C18H29N7O2S. The van der Waals surface area contributed by atoms with Gasteiger partial charge in [-0.3, -0.25) is 4.99 Å². The molecule has 10 heteroatoms.